The molecule has 0 aliphatic heterocycles. The summed E-state index contributed by atoms with van der Waals surface area (Å²) in [5, 5.41) is 0. The molecule has 0 N–H and O–H groups in total. The number of hydrogen-bond acceptors (Lipinski definition) is 7. The van der Waals surface area contributed by atoms with Gasteiger partial charge in [0.15, 0.2) is 0 Å². The van der Waals surface area contributed by atoms with Crippen molar-refractivity contribution < 1.29 is 32.7 Å². The Labute approximate surface area is 106 Å². The highest BCUT2D eigenvalue weighted by atomic mass is 31.2. The number of aldehydes is 1. The number of carbonyl (C=O) groups is 2. The summed E-state index contributed by atoms with van der Waals surface area (Å²) >= 11 is 0. The van der Waals surface area contributed by atoms with Gasteiger partial charge in [-0.25, -0.2) is 4.79 Å². The van der Waals surface area contributed by atoms with E-state index in [1.54, 1.807) is 6.08 Å². The molecule has 0 aromatic carbocycles. The van der Waals surface area contributed by atoms with E-state index in [2.05, 4.69) is 4.74 Å². The Morgan fingerprint density at radius 1 is 1.22 bits per heavy atom. The first kappa shape index (κ1) is 16.8. The average Bonchev–Trinajstić information content (AvgIpc) is 2.40. The Hall–Kier alpha value is -1.17. The zero-order chi connectivity index (χ0) is 14.0. The summed E-state index contributed by atoms with van der Waals surface area (Å²) < 4.78 is 30.6. The third-order valence-corrected chi connectivity index (χ3v) is 3.87. The number of unbranched alkanes of at least 4 members (excludes halogenated alkanes) is 1. The zero-order valence-electron chi connectivity index (χ0n) is 10.5. The highest BCUT2D eigenvalue weighted by Gasteiger charge is 2.35. The second-order valence-corrected chi connectivity index (χ2v) is 5.36. The van der Waals surface area contributed by atoms with Crippen molar-refractivity contribution in [3.63, 3.8) is 0 Å². The second-order valence-electron chi connectivity index (χ2n) is 3.04. The lowest BCUT2D eigenvalue weighted by Gasteiger charge is -2.20. The first-order valence-electron chi connectivity index (χ1n) is 5.10. The lowest BCUT2D eigenvalue weighted by atomic mass is 10.3. The summed E-state index contributed by atoms with van der Waals surface area (Å²) in [6.45, 7) is 0. The van der Waals surface area contributed by atoms with Crippen molar-refractivity contribution in [3.8, 4) is 0 Å². The van der Waals surface area contributed by atoms with Gasteiger partial charge in [-0.3, -0.25) is 4.57 Å². The molecule has 0 bridgehead atoms. The van der Waals surface area contributed by atoms with Gasteiger partial charge < -0.3 is 23.3 Å². The quantitative estimate of drug-likeness (QED) is 0.221. The summed E-state index contributed by atoms with van der Waals surface area (Å²) in [6, 6.07) is 0. The van der Waals surface area contributed by atoms with Crippen LogP contribution >= 0.6 is 7.60 Å². The van der Waals surface area contributed by atoms with E-state index in [-0.39, 0.29) is 0 Å². The minimum Gasteiger partial charge on any atom is -0.438 e. The highest BCUT2D eigenvalue weighted by Crippen LogP contribution is 2.52. The topological polar surface area (TPSA) is 88.1 Å². The third-order valence-electron chi connectivity index (χ3n) is 1.96. The fourth-order valence-electron chi connectivity index (χ4n) is 1.02. The molecule has 0 spiro atoms. The van der Waals surface area contributed by atoms with E-state index in [4.69, 9.17) is 13.8 Å². The Kier molecular flexibility index (Phi) is 8.28. The van der Waals surface area contributed by atoms with Crippen LogP contribution in [0.25, 0.3) is 0 Å². The van der Waals surface area contributed by atoms with E-state index in [0.29, 0.717) is 12.8 Å². The molecule has 104 valence electrons. The highest BCUT2D eigenvalue weighted by molar-refractivity contribution is 7.54. The number of allylic oxidation sites excluding steroid dienone is 1. The van der Waals surface area contributed by atoms with E-state index >= 15 is 0 Å². The van der Waals surface area contributed by atoms with Crippen molar-refractivity contribution in [2.24, 2.45) is 0 Å². The molecule has 18 heavy (non-hydrogen) atoms. The van der Waals surface area contributed by atoms with E-state index in [9.17, 15) is 14.2 Å². The summed E-state index contributed by atoms with van der Waals surface area (Å²) in [6.07, 6.45) is 3.37. The second kappa shape index (κ2) is 8.85. The third kappa shape index (κ3) is 5.44. The molecular weight excluding hydrogens is 263 g/mol. The fourth-order valence-corrected chi connectivity index (χ4v) is 2.13. The molecule has 7 nitrogen and oxygen atoms in total. The molecule has 1 atom stereocenters. The number of rotatable bonds is 8. The smallest absolute Gasteiger partial charge is 0.438 e. The van der Waals surface area contributed by atoms with Crippen LogP contribution in [-0.4, -0.2) is 39.6 Å². The Balaban J connectivity index is 4.81. The van der Waals surface area contributed by atoms with Gasteiger partial charge in [0.05, 0.1) is 7.11 Å². The van der Waals surface area contributed by atoms with Crippen molar-refractivity contribution in [2.75, 3.05) is 21.3 Å². The van der Waals surface area contributed by atoms with Crippen LogP contribution in [0, 0.1) is 0 Å². The van der Waals surface area contributed by atoms with Crippen LogP contribution in [0.2, 0.25) is 0 Å². The molecule has 0 saturated heterocycles. The van der Waals surface area contributed by atoms with Crippen molar-refractivity contribution in [1.82, 2.24) is 0 Å². The van der Waals surface area contributed by atoms with E-state index in [1.807, 2.05) is 0 Å². The zero-order valence-corrected chi connectivity index (χ0v) is 11.4. The van der Waals surface area contributed by atoms with Crippen molar-refractivity contribution >= 4 is 20.0 Å². The summed E-state index contributed by atoms with van der Waals surface area (Å²) in [4.78, 5) is 21.2. The largest absolute Gasteiger partial charge is 0.509 e. The SMILES string of the molecule is COC(=O)OC(/C=C/CCC=O)P(=O)(OC)OC. The van der Waals surface area contributed by atoms with Crippen molar-refractivity contribution in [2.45, 2.75) is 18.7 Å². The Morgan fingerprint density at radius 3 is 2.28 bits per heavy atom. The molecule has 0 aromatic rings. The predicted octanol–water partition coefficient (Wildman–Crippen LogP) is 2.12. The van der Waals surface area contributed by atoms with Gasteiger partial charge in [0, 0.05) is 20.6 Å². The molecule has 0 aliphatic carbocycles. The molecule has 1 unspecified atom stereocenters. The maximum absolute atomic E-state index is 12.1. The van der Waals surface area contributed by atoms with E-state index in [0.717, 1.165) is 13.4 Å². The van der Waals surface area contributed by atoms with Crippen LogP contribution < -0.4 is 0 Å². The van der Waals surface area contributed by atoms with Gasteiger partial charge >= 0.3 is 13.8 Å². The molecule has 0 fully saturated rings. The lowest BCUT2D eigenvalue weighted by Crippen LogP contribution is -2.18. The van der Waals surface area contributed by atoms with Crippen LogP contribution in [0.5, 0.6) is 0 Å². The maximum Gasteiger partial charge on any atom is 0.509 e. The molecule has 0 aliphatic rings. The standard InChI is InChI=1S/C10H17O7P/c1-14-10(12)17-9(7-5-4-6-8-11)18(13,15-2)16-3/h5,7-9H,4,6H2,1-3H3/b7-5+. The first-order chi connectivity index (χ1) is 8.53. The normalized spacial score (nSPS) is 13.3. The fraction of sp³-hybridized carbons (Fsp3) is 0.600. The molecule has 0 saturated carbocycles. The van der Waals surface area contributed by atoms with Gasteiger partial charge in [-0.05, 0) is 12.5 Å². The Bertz CT molecular complexity index is 331. The summed E-state index contributed by atoms with van der Waals surface area (Å²) in [5.41, 5.74) is 0. The van der Waals surface area contributed by atoms with E-state index in [1.165, 1.54) is 20.3 Å². The van der Waals surface area contributed by atoms with Crippen LogP contribution in [0.4, 0.5) is 4.79 Å². The minimum absolute atomic E-state index is 0.311. The number of hydrogen-bond donors (Lipinski definition) is 0. The maximum atomic E-state index is 12.1. The van der Waals surface area contributed by atoms with Gasteiger partial charge in [-0.2, -0.15) is 0 Å². The molecule has 8 heteroatoms. The number of methoxy groups -OCH3 is 1. The lowest BCUT2D eigenvalue weighted by molar-refractivity contribution is -0.107. The predicted molar refractivity (Wildman–Crippen MR) is 63.3 cm³/mol. The van der Waals surface area contributed by atoms with Crippen LogP contribution in [0.15, 0.2) is 12.2 Å². The van der Waals surface area contributed by atoms with Gasteiger partial charge in [0.1, 0.15) is 6.29 Å². The summed E-state index contributed by atoms with van der Waals surface area (Å²) in [5.74, 6) is -1.22. The number of ether oxygens (including phenoxy) is 2. The summed E-state index contributed by atoms with van der Waals surface area (Å²) in [7, 11) is -0.125. The molecule has 0 radical (unpaired) electrons. The van der Waals surface area contributed by atoms with Gasteiger partial charge in [-0.1, -0.05) is 6.08 Å². The molecule has 0 rings (SSSR count). The van der Waals surface area contributed by atoms with Crippen molar-refractivity contribution in [3.05, 3.63) is 12.2 Å². The van der Waals surface area contributed by atoms with Gasteiger partial charge in [0.2, 0.25) is 5.85 Å². The molecular formula is C10H17O7P. The van der Waals surface area contributed by atoms with Crippen molar-refractivity contribution in [1.29, 1.82) is 0 Å². The molecule has 0 heterocycles. The van der Waals surface area contributed by atoms with Crippen LogP contribution in [0.1, 0.15) is 12.8 Å². The van der Waals surface area contributed by atoms with Crippen LogP contribution in [0.3, 0.4) is 0 Å². The monoisotopic (exact) mass is 280 g/mol. The Morgan fingerprint density at radius 2 is 1.83 bits per heavy atom. The minimum atomic E-state index is -3.61. The average molecular weight is 280 g/mol. The van der Waals surface area contributed by atoms with Crippen LogP contribution in [-0.2, 0) is 27.9 Å². The van der Waals surface area contributed by atoms with Gasteiger partial charge in [0.25, 0.3) is 0 Å². The van der Waals surface area contributed by atoms with E-state index < -0.39 is 19.6 Å². The van der Waals surface area contributed by atoms with Gasteiger partial charge in [-0.15, -0.1) is 0 Å². The number of carbonyl (C=O) groups excluding carboxylic acids is 2. The molecule has 0 amide bonds. The molecule has 0 aromatic heterocycles. The first-order valence-corrected chi connectivity index (χ1v) is 6.71.